The van der Waals surface area contributed by atoms with Crippen molar-refractivity contribution in [2.45, 2.75) is 39.2 Å². The van der Waals surface area contributed by atoms with Crippen LogP contribution in [0.3, 0.4) is 0 Å². The van der Waals surface area contributed by atoms with Gasteiger partial charge in [-0.3, -0.25) is 0 Å². The van der Waals surface area contributed by atoms with E-state index in [2.05, 4.69) is 24.5 Å². The van der Waals surface area contributed by atoms with Gasteiger partial charge in [-0.2, -0.15) is 0 Å². The van der Waals surface area contributed by atoms with E-state index in [1.165, 1.54) is 24.2 Å². The molecule has 17 heavy (non-hydrogen) atoms. The number of nitrogens with zero attached hydrogens (tertiary/aromatic N) is 2. The number of nitrogens with two attached hydrogens (primary N) is 1. The van der Waals surface area contributed by atoms with Crippen LogP contribution in [0.2, 0.25) is 0 Å². The lowest BCUT2D eigenvalue weighted by atomic mass is 10.2. The van der Waals surface area contributed by atoms with Gasteiger partial charge in [0.15, 0.2) is 0 Å². The van der Waals surface area contributed by atoms with Crippen molar-refractivity contribution < 1.29 is 0 Å². The highest BCUT2D eigenvalue weighted by atomic mass is 15.1. The van der Waals surface area contributed by atoms with Gasteiger partial charge in [-0.05, 0) is 37.0 Å². The quantitative estimate of drug-likeness (QED) is 0.822. The minimum Gasteiger partial charge on any atom is -0.399 e. The van der Waals surface area contributed by atoms with Crippen molar-refractivity contribution in [2.24, 2.45) is 5.92 Å². The third-order valence-electron chi connectivity index (χ3n) is 3.29. The molecule has 0 atom stereocenters. The Hall–Kier alpha value is -1.51. The van der Waals surface area contributed by atoms with Gasteiger partial charge in [0.1, 0.15) is 5.82 Å². The summed E-state index contributed by atoms with van der Waals surface area (Å²) in [4.78, 5) is 4.77. The molecular formula is C14H19N3. The fourth-order valence-corrected chi connectivity index (χ4v) is 2.38. The van der Waals surface area contributed by atoms with E-state index in [9.17, 15) is 0 Å². The monoisotopic (exact) mass is 229 g/mol. The van der Waals surface area contributed by atoms with E-state index in [1.807, 2.05) is 12.1 Å². The lowest BCUT2D eigenvalue weighted by molar-refractivity contribution is 0.517. The maximum Gasteiger partial charge on any atom is 0.113 e. The summed E-state index contributed by atoms with van der Waals surface area (Å²) in [5.74, 6) is 2.59. The fraction of sp³-hybridized carbons (Fsp3) is 0.500. The Balaban J connectivity index is 2.16. The SMILES string of the molecule is CC(C)Cn1c(C2CC2)nc2cc(N)ccc21. The van der Waals surface area contributed by atoms with E-state index in [1.54, 1.807) is 0 Å². The average molecular weight is 229 g/mol. The summed E-state index contributed by atoms with van der Waals surface area (Å²) < 4.78 is 2.39. The molecule has 3 rings (SSSR count). The van der Waals surface area contributed by atoms with Crippen molar-refractivity contribution >= 4 is 16.7 Å². The average Bonchev–Trinajstić information content (AvgIpc) is 3.03. The van der Waals surface area contributed by atoms with Gasteiger partial charge in [-0.1, -0.05) is 13.8 Å². The zero-order chi connectivity index (χ0) is 12.0. The molecule has 2 N–H and O–H groups in total. The second-order valence-electron chi connectivity index (χ2n) is 5.50. The summed E-state index contributed by atoms with van der Waals surface area (Å²) in [6.45, 7) is 5.55. The Morgan fingerprint density at radius 1 is 1.41 bits per heavy atom. The third kappa shape index (κ3) is 1.90. The molecule has 0 amide bonds. The Bertz CT molecular complexity index is 550. The number of anilines is 1. The van der Waals surface area contributed by atoms with Crippen LogP contribution in [0.1, 0.15) is 38.4 Å². The van der Waals surface area contributed by atoms with Crippen molar-refractivity contribution in [1.29, 1.82) is 0 Å². The molecule has 0 bridgehead atoms. The lowest BCUT2D eigenvalue weighted by Crippen LogP contribution is -2.07. The van der Waals surface area contributed by atoms with Crippen LogP contribution >= 0.6 is 0 Å². The Labute approximate surface area is 102 Å². The highest BCUT2D eigenvalue weighted by Crippen LogP contribution is 2.41. The number of fused-ring (bicyclic) bond motifs is 1. The zero-order valence-corrected chi connectivity index (χ0v) is 10.5. The number of imidazole rings is 1. The molecule has 1 aliphatic carbocycles. The normalized spacial score (nSPS) is 15.9. The smallest absolute Gasteiger partial charge is 0.113 e. The summed E-state index contributed by atoms with van der Waals surface area (Å²) in [6.07, 6.45) is 2.58. The van der Waals surface area contributed by atoms with E-state index in [4.69, 9.17) is 10.7 Å². The molecule has 0 aliphatic heterocycles. The minimum atomic E-state index is 0.641. The standard InChI is InChI=1S/C14H19N3/c1-9(2)8-17-13-6-5-11(15)7-12(13)16-14(17)10-3-4-10/h5-7,9-10H,3-4,8,15H2,1-2H3. The molecule has 1 aromatic carbocycles. The van der Waals surface area contributed by atoms with Crippen molar-refractivity contribution in [1.82, 2.24) is 9.55 Å². The molecule has 0 spiro atoms. The Morgan fingerprint density at radius 3 is 2.82 bits per heavy atom. The lowest BCUT2D eigenvalue weighted by Gasteiger charge is -2.11. The summed E-state index contributed by atoms with van der Waals surface area (Å²) in [5.41, 5.74) is 8.91. The maximum absolute atomic E-state index is 5.83. The van der Waals surface area contributed by atoms with Gasteiger partial charge < -0.3 is 10.3 Å². The van der Waals surface area contributed by atoms with Crippen LogP contribution in [0.25, 0.3) is 11.0 Å². The van der Waals surface area contributed by atoms with Gasteiger partial charge in [0.2, 0.25) is 0 Å². The van der Waals surface area contributed by atoms with E-state index in [-0.39, 0.29) is 0 Å². The van der Waals surface area contributed by atoms with Crippen molar-refractivity contribution in [3.63, 3.8) is 0 Å². The highest BCUT2D eigenvalue weighted by Gasteiger charge is 2.29. The molecule has 90 valence electrons. The maximum atomic E-state index is 5.83. The predicted octanol–water partition coefficient (Wildman–Crippen LogP) is 3.15. The van der Waals surface area contributed by atoms with E-state index in [0.29, 0.717) is 11.8 Å². The summed E-state index contributed by atoms with van der Waals surface area (Å²) in [5, 5.41) is 0. The number of rotatable bonds is 3. The van der Waals surface area contributed by atoms with Crippen LogP contribution in [0.5, 0.6) is 0 Å². The molecule has 1 fully saturated rings. The summed E-state index contributed by atoms with van der Waals surface area (Å²) >= 11 is 0. The molecule has 1 aliphatic rings. The van der Waals surface area contributed by atoms with Crippen molar-refractivity contribution in [3.05, 3.63) is 24.0 Å². The molecule has 1 aromatic heterocycles. The first kappa shape index (κ1) is 10.6. The van der Waals surface area contributed by atoms with Gasteiger partial charge in [0.05, 0.1) is 11.0 Å². The largest absolute Gasteiger partial charge is 0.399 e. The molecule has 3 nitrogen and oxygen atoms in total. The Kier molecular flexibility index (Phi) is 2.35. The predicted molar refractivity (Wildman–Crippen MR) is 71.0 cm³/mol. The second kappa shape index (κ2) is 3.76. The van der Waals surface area contributed by atoms with Crippen LogP contribution in [0.4, 0.5) is 5.69 Å². The summed E-state index contributed by atoms with van der Waals surface area (Å²) in [7, 11) is 0. The molecule has 3 heteroatoms. The molecule has 1 saturated carbocycles. The molecule has 1 heterocycles. The van der Waals surface area contributed by atoms with Gasteiger partial charge in [0.25, 0.3) is 0 Å². The van der Waals surface area contributed by atoms with Gasteiger partial charge in [-0.15, -0.1) is 0 Å². The first-order chi connectivity index (χ1) is 8.15. The summed E-state index contributed by atoms with van der Waals surface area (Å²) in [6, 6.07) is 6.06. The molecule has 0 unspecified atom stereocenters. The Morgan fingerprint density at radius 2 is 2.18 bits per heavy atom. The highest BCUT2D eigenvalue weighted by molar-refractivity contribution is 5.79. The van der Waals surface area contributed by atoms with Crippen LogP contribution < -0.4 is 5.73 Å². The van der Waals surface area contributed by atoms with Crippen molar-refractivity contribution in [2.75, 3.05) is 5.73 Å². The number of hydrogen-bond acceptors (Lipinski definition) is 2. The molecular weight excluding hydrogens is 210 g/mol. The number of aromatic nitrogens is 2. The first-order valence-corrected chi connectivity index (χ1v) is 6.41. The van der Waals surface area contributed by atoms with Crippen LogP contribution in [0.15, 0.2) is 18.2 Å². The van der Waals surface area contributed by atoms with Crippen LogP contribution in [-0.4, -0.2) is 9.55 Å². The van der Waals surface area contributed by atoms with E-state index in [0.717, 1.165) is 17.7 Å². The van der Waals surface area contributed by atoms with Gasteiger partial charge in [-0.25, -0.2) is 4.98 Å². The number of hydrogen-bond donors (Lipinski definition) is 1. The second-order valence-corrected chi connectivity index (χ2v) is 5.50. The van der Waals surface area contributed by atoms with Gasteiger partial charge in [0, 0.05) is 18.2 Å². The van der Waals surface area contributed by atoms with Crippen molar-refractivity contribution in [3.8, 4) is 0 Å². The number of benzene rings is 1. The van der Waals surface area contributed by atoms with Gasteiger partial charge >= 0.3 is 0 Å². The minimum absolute atomic E-state index is 0.641. The van der Waals surface area contributed by atoms with E-state index >= 15 is 0 Å². The zero-order valence-electron chi connectivity index (χ0n) is 10.5. The third-order valence-corrected chi connectivity index (χ3v) is 3.29. The molecule has 0 saturated heterocycles. The van der Waals surface area contributed by atoms with E-state index < -0.39 is 0 Å². The first-order valence-electron chi connectivity index (χ1n) is 6.41. The molecule has 0 radical (unpaired) electrons. The van der Waals surface area contributed by atoms with Crippen LogP contribution in [-0.2, 0) is 6.54 Å². The topological polar surface area (TPSA) is 43.8 Å². The van der Waals surface area contributed by atoms with Crippen LogP contribution in [0, 0.1) is 5.92 Å². The molecule has 2 aromatic rings. The fourth-order valence-electron chi connectivity index (χ4n) is 2.38. The number of nitrogen functional groups attached to an aromatic ring is 1.